The van der Waals surface area contributed by atoms with Gasteiger partial charge in [0.15, 0.2) is 0 Å². The molecule has 0 aliphatic rings. The third-order valence-corrected chi connectivity index (χ3v) is 3.80. The molecule has 5 nitrogen and oxygen atoms in total. The first-order valence-corrected chi connectivity index (χ1v) is 7.03. The predicted molar refractivity (Wildman–Crippen MR) is 70.5 cm³/mol. The number of hydrogen-bond acceptors (Lipinski definition) is 4. The Balaban J connectivity index is 3.49. The molecule has 0 aliphatic carbocycles. The van der Waals surface area contributed by atoms with Gasteiger partial charge in [0.25, 0.3) is 0 Å². The van der Waals surface area contributed by atoms with Crippen molar-refractivity contribution in [1.29, 1.82) is 0 Å². The zero-order chi connectivity index (χ0) is 13.2. The summed E-state index contributed by atoms with van der Waals surface area (Å²) in [5.41, 5.74) is 7.59. The van der Waals surface area contributed by atoms with Gasteiger partial charge in [-0.05, 0) is 38.5 Å². The molecular formula is C11H19N3O2S. The first-order chi connectivity index (χ1) is 7.81. The predicted octanol–water partition coefficient (Wildman–Crippen LogP) is 1.07. The molecule has 0 unspecified atom stereocenters. The van der Waals surface area contributed by atoms with Crippen LogP contribution in [0.2, 0.25) is 0 Å². The van der Waals surface area contributed by atoms with Gasteiger partial charge < -0.3 is 10.6 Å². The Morgan fingerprint density at radius 1 is 1.24 bits per heavy atom. The Morgan fingerprint density at radius 3 is 2.18 bits per heavy atom. The summed E-state index contributed by atoms with van der Waals surface area (Å²) in [6.07, 6.45) is 0. The highest BCUT2D eigenvalue weighted by Crippen LogP contribution is 2.28. The van der Waals surface area contributed by atoms with Crippen LogP contribution in [0.15, 0.2) is 17.0 Å². The minimum absolute atomic E-state index is 0.0967. The molecule has 1 aromatic carbocycles. The van der Waals surface area contributed by atoms with Gasteiger partial charge >= 0.3 is 0 Å². The first kappa shape index (κ1) is 13.8. The summed E-state index contributed by atoms with van der Waals surface area (Å²) >= 11 is 0. The third kappa shape index (κ3) is 2.89. The number of primary sulfonamides is 1. The average Bonchev–Trinajstić information content (AvgIpc) is 2.22. The fourth-order valence-electron chi connectivity index (χ4n) is 1.88. The molecule has 0 fully saturated rings. The highest BCUT2D eigenvalue weighted by Gasteiger charge is 2.17. The second-order valence-electron chi connectivity index (χ2n) is 3.88. The number of benzene rings is 1. The van der Waals surface area contributed by atoms with Crippen molar-refractivity contribution < 1.29 is 8.42 Å². The van der Waals surface area contributed by atoms with Gasteiger partial charge in [-0.25, -0.2) is 13.6 Å². The van der Waals surface area contributed by atoms with E-state index in [0.717, 1.165) is 18.8 Å². The van der Waals surface area contributed by atoms with E-state index in [4.69, 9.17) is 10.9 Å². The van der Waals surface area contributed by atoms with E-state index in [2.05, 4.69) is 0 Å². The summed E-state index contributed by atoms with van der Waals surface area (Å²) in [6.45, 7) is 7.31. The molecule has 4 N–H and O–H groups in total. The lowest BCUT2D eigenvalue weighted by molar-refractivity contribution is 0.597. The highest BCUT2D eigenvalue weighted by atomic mass is 32.2. The van der Waals surface area contributed by atoms with Gasteiger partial charge in [-0.3, -0.25) is 0 Å². The standard InChI is InChI=1S/C11H19N3O2S/c1-4-14(5-2)10-6-9(12)7-11(8(10)3)17(13,15)16/h6-7H,4-5,12H2,1-3H3,(H2,13,15,16). The Labute approximate surface area is 102 Å². The zero-order valence-corrected chi connectivity index (χ0v) is 11.2. The number of nitrogens with two attached hydrogens (primary N) is 2. The van der Waals surface area contributed by atoms with E-state index < -0.39 is 10.0 Å². The van der Waals surface area contributed by atoms with Crippen molar-refractivity contribution in [2.24, 2.45) is 5.14 Å². The second-order valence-corrected chi connectivity index (χ2v) is 5.41. The van der Waals surface area contributed by atoms with Crippen LogP contribution in [0.25, 0.3) is 0 Å². The van der Waals surface area contributed by atoms with Gasteiger partial charge in [0.05, 0.1) is 4.90 Å². The average molecular weight is 257 g/mol. The molecule has 0 spiro atoms. The number of anilines is 2. The molecule has 0 amide bonds. The molecule has 1 rings (SSSR count). The maximum absolute atomic E-state index is 11.5. The lowest BCUT2D eigenvalue weighted by Crippen LogP contribution is -2.24. The molecule has 96 valence electrons. The maximum Gasteiger partial charge on any atom is 0.238 e. The van der Waals surface area contributed by atoms with Gasteiger partial charge in [0.1, 0.15) is 0 Å². The molecule has 1 aromatic rings. The zero-order valence-electron chi connectivity index (χ0n) is 10.4. The summed E-state index contributed by atoms with van der Waals surface area (Å²) in [7, 11) is -3.74. The Bertz CT molecular complexity index is 508. The van der Waals surface area contributed by atoms with Crippen molar-refractivity contribution in [1.82, 2.24) is 0 Å². The van der Waals surface area contributed by atoms with Crippen LogP contribution in [0, 0.1) is 6.92 Å². The summed E-state index contributed by atoms with van der Waals surface area (Å²) in [5.74, 6) is 0. The van der Waals surface area contributed by atoms with Crippen molar-refractivity contribution in [2.75, 3.05) is 23.7 Å². The molecule has 0 saturated heterocycles. The monoisotopic (exact) mass is 257 g/mol. The van der Waals surface area contributed by atoms with Crippen LogP contribution in [0.3, 0.4) is 0 Å². The van der Waals surface area contributed by atoms with Gasteiger partial charge in [-0.1, -0.05) is 0 Å². The third-order valence-electron chi connectivity index (χ3n) is 2.77. The number of rotatable bonds is 4. The molecule has 0 aliphatic heterocycles. The van der Waals surface area contributed by atoms with Crippen LogP contribution >= 0.6 is 0 Å². The Hall–Kier alpha value is -1.27. The largest absolute Gasteiger partial charge is 0.399 e. The number of sulfonamides is 1. The molecule has 0 heterocycles. The minimum Gasteiger partial charge on any atom is -0.399 e. The van der Waals surface area contributed by atoms with Crippen molar-refractivity contribution >= 4 is 21.4 Å². The summed E-state index contributed by atoms with van der Waals surface area (Å²) in [4.78, 5) is 2.14. The fourth-order valence-corrected chi connectivity index (χ4v) is 2.71. The highest BCUT2D eigenvalue weighted by molar-refractivity contribution is 7.89. The van der Waals surface area contributed by atoms with E-state index in [9.17, 15) is 8.42 Å². The van der Waals surface area contributed by atoms with Crippen LogP contribution in [0.5, 0.6) is 0 Å². The van der Waals surface area contributed by atoms with E-state index in [1.54, 1.807) is 13.0 Å². The Morgan fingerprint density at radius 2 is 1.76 bits per heavy atom. The summed E-state index contributed by atoms with van der Waals surface area (Å²) in [6, 6.07) is 3.18. The van der Waals surface area contributed by atoms with Crippen molar-refractivity contribution in [3.05, 3.63) is 17.7 Å². The number of nitrogen functional groups attached to an aromatic ring is 1. The smallest absolute Gasteiger partial charge is 0.238 e. The second kappa shape index (κ2) is 4.93. The molecule has 0 bridgehead atoms. The normalized spacial score (nSPS) is 11.5. The minimum atomic E-state index is -3.74. The summed E-state index contributed by atoms with van der Waals surface area (Å²) < 4.78 is 22.9. The fraction of sp³-hybridized carbons (Fsp3) is 0.455. The molecule has 0 radical (unpaired) electrons. The van der Waals surface area contributed by atoms with Crippen molar-refractivity contribution in [3.63, 3.8) is 0 Å². The van der Waals surface area contributed by atoms with Gasteiger partial charge in [0.2, 0.25) is 10.0 Å². The van der Waals surface area contributed by atoms with Gasteiger partial charge in [0, 0.05) is 24.5 Å². The maximum atomic E-state index is 11.5. The van der Waals surface area contributed by atoms with E-state index in [1.807, 2.05) is 18.7 Å². The number of nitrogens with zero attached hydrogens (tertiary/aromatic N) is 1. The van der Waals surface area contributed by atoms with E-state index in [0.29, 0.717) is 11.3 Å². The quantitative estimate of drug-likeness (QED) is 0.790. The summed E-state index contributed by atoms with van der Waals surface area (Å²) in [5, 5.41) is 5.18. The first-order valence-electron chi connectivity index (χ1n) is 5.49. The van der Waals surface area contributed by atoms with E-state index >= 15 is 0 Å². The van der Waals surface area contributed by atoms with E-state index in [1.165, 1.54) is 6.07 Å². The molecule has 6 heteroatoms. The van der Waals surface area contributed by atoms with Crippen molar-refractivity contribution in [3.8, 4) is 0 Å². The molecule has 0 saturated carbocycles. The van der Waals surface area contributed by atoms with E-state index in [-0.39, 0.29) is 4.90 Å². The lowest BCUT2D eigenvalue weighted by atomic mass is 10.1. The molecular weight excluding hydrogens is 238 g/mol. The number of hydrogen-bond donors (Lipinski definition) is 2. The van der Waals surface area contributed by atoms with Crippen LogP contribution in [0.1, 0.15) is 19.4 Å². The molecule has 0 aromatic heterocycles. The molecule has 17 heavy (non-hydrogen) atoms. The van der Waals surface area contributed by atoms with Crippen LogP contribution in [-0.4, -0.2) is 21.5 Å². The lowest BCUT2D eigenvalue weighted by Gasteiger charge is -2.24. The van der Waals surface area contributed by atoms with Crippen molar-refractivity contribution in [2.45, 2.75) is 25.7 Å². The topological polar surface area (TPSA) is 89.4 Å². The van der Waals surface area contributed by atoms with Gasteiger partial charge in [-0.2, -0.15) is 0 Å². The van der Waals surface area contributed by atoms with Crippen LogP contribution in [-0.2, 0) is 10.0 Å². The van der Waals surface area contributed by atoms with Gasteiger partial charge in [-0.15, -0.1) is 0 Å². The Kier molecular flexibility index (Phi) is 4.00. The van der Waals surface area contributed by atoms with Crippen LogP contribution < -0.4 is 15.8 Å². The SMILES string of the molecule is CCN(CC)c1cc(N)cc(S(N)(=O)=O)c1C. The van der Waals surface area contributed by atoms with Crippen LogP contribution in [0.4, 0.5) is 11.4 Å². The molecule has 0 atom stereocenters.